The molecule has 0 saturated heterocycles. The topological polar surface area (TPSA) is 26.3 Å². The van der Waals surface area contributed by atoms with Gasteiger partial charge in [-0.25, -0.2) is 4.79 Å². The molecule has 0 N–H and O–H groups in total. The van der Waals surface area contributed by atoms with Crippen molar-refractivity contribution in [3.05, 3.63) is 51.1 Å². The number of halogens is 1. The molecule has 0 amide bonds. The summed E-state index contributed by atoms with van der Waals surface area (Å²) in [5, 5.41) is 2.07. The minimum absolute atomic E-state index is 0.371. The molecular formula is C14H11BrO2S. The van der Waals surface area contributed by atoms with Gasteiger partial charge in [0.05, 0.1) is 7.11 Å². The predicted molar refractivity (Wildman–Crippen MR) is 78.7 cm³/mol. The SMILES string of the molecule is COC(=O)/C(Br)=C/c1cc(-c2ccccc2)cs1. The highest BCUT2D eigenvalue weighted by Crippen LogP contribution is 2.27. The largest absolute Gasteiger partial charge is 0.465 e. The molecule has 0 aliphatic heterocycles. The van der Waals surface area contributed by atoms with Gasteiger partial charge in [0.25, 0.3) is 0 Å². The van der Waals surface area contributed by atoms with E-state index < -0.39 is 0 Å². The van der Waals surface area contributed by atoms with Gasteiger partial charge in [0.15, 0.2) is 0 Å². The Balaban J connectivity index is 2.24. The number of rotatable bonds is 3. The number of carbonyl (C=O) groups excluding carboxylic acids is 1. The molecule has 0 unspecified atom stereocenters. The summed E-state index contributed by atoms with van der Waals surface area (Å²) in [6, 6.07) is 12.2. The Hall–Kier alpha value is -1.39. The lowest BCUT2D eigenvalue weighted by molar-refractivity contribution is -0.135. The van der Waals surface area contributed by atoms with Crippen LogP contribution in [0, 0.1) is 0 Å². The van der Waals surface area contributed by atoms with E-state index in [9.17, 15) is 4.79 Å². The highest BCUT2D eigenvalue weighted by molar-refractivity contribution is 9.12. The van der Waals surface area contributed by atoms with E-state index in [1.165, 1.54) is 12.7 Å². The first-order chi connectivity index (χ1) is 8.70. The normalized spacial score (nSPS) is 11.3. The van der Waals surface area contributed by atoms with E-state index in [4.69, 9.17) is 0 Å². The molecule has 0 saturated carbocycles. The number of benzene rings is 1. The van der Waals surface area contributed by atoms with Gasteiger partial charge in [0.2, 0.25) is 0 Å². The maximum atomic E-state index is 11.3. The van der Waals surface area contributed by atoms with Crippen molar-refractivity contribution in [1.82, 2.24) is 0 Å². The van der Waals surface area contributed by atoms with Crippen LogP contribution in [0.25, 0.3) is 17.2 Å². The molecule has 0 radical (unpaired) electrons. The monoisotopic (exact) mass is 322 g/mol. The van der Waals surface area contributed by atoms with Gasteiger partial charge in [-0.05, 0) is 44.6 Å². The molecule has 2 nitrogen and oxygen atoms in total. The third-order valence-corrected chi connectivity index (χ3v) is 3.81. The molecule has 1 aromatic heterocycles. The van der Waals surface area contributed by atoms with E-state index in [1.807, 2.05) is 24.3 Å². The van der Waals surface area contributed by atoms with Gasteiger partial charge >= 0.3 is 5.97 Å². The first kappa shape index (κ1) is 13.1. The summed E-state index contributed by atoms with van der Waals surface area (Å²) < 4.78 is 5.05. The van der Waals surface area contributed by atoms with Gasteiger partial charge in [-0.3, -0.25) is 0 Å². The van der Waals surface area contributed by atoms with Crippen LogP contribution in [-0.2, 0) is 9.53 Å². The van der Waals surface area contributed by atoms with E-state index in [0.717, 1.165) is 10.4 Å². The fourth-order valence-corrected chi connectivity index (χ4v) is 2.90. The van der Waals surface area contributed by atoms with Crippen molar-refractivity contribution >= 4 is 39.3 Å². The fraction of sp³-hybridized carbons (Fsp3) is 0.0714. The van der Waals surface area contributed by atoms with Gasteiger partial charge in [-0.15, -0.1) is 11.3 Å². The van der Waals surface area contributed by atoms with Gasteiger partial charge in [-0.1, -0.05) is 30.3 Å². The Kier molecular flexibility index (Phi) is 4.33. The highest BCUT2D eigenvalue weighted by Gasteiger charge is 2.07. The van der Waals surface area contributed by atoms with Crippen LogP contribution >= 0.6 is 27.3 Å². The van der Waals surface area contributed by atoms with Gasteiger partial charge in [0, 0.05) is 4.88 Å². The first-order valence-electron chi connectivity index (χ1n) is 5.30. The number of hydrogen-bond acceptors (Lipinski definition) is 3. The van der Waals surface area contributed by atoms with Crippen LogP contribution in [0.5, 0.6) is 0 Å². The number of methoxy groups -OCH3 is 1. The molecule has 0 atom stereocenters. The van der Waals surface area contributed by atoms with Crippen LogP contribution < -0.4 is 0 Å². The van der Waals surface area contributed by atoms with Gasteiger partial charge < -0.3 is 4.74 Å². The Morgan fingerprint density at radius 3 is 2.67 bits per heavy atom. The number of thiophene rings is 1. The molecule has 0 bridgehead atoms. The summed E-state index contributed by atoms with van der Waals surface area (Å²) in [4.78, 5) is 12.3. The van der Waals surface area contributed by atoms with E-state index in [2.05, 4.69) is 38.2 Å². The molecule has 1 heterocycles. The predicted octanol–water partition coefficient (Wildman–Crippen LogP) is 4.32. The quantitative estimate of drug-likeness (QED) is 0.621. The van der Waals surface area contributed by atoms with Crippen molar-refractivity contribution in [2.75, 3.05) is 7.11 Å². The fourth-order valence-electron chi connectivity index (χ4n) is 1.49. The zero-order chi connectivity index (χ0) is 13.0. The number of carbonyl (C=O) groups is 1. The molecule has 0 fully saturated rings. The van der Waals surface area contributed by atoms with Crippen LogP contribution in [0.15, 0.2) is 46.3 Å². The summed E-state index contributed by atoms with van der Waals surface area (Å²) in [6.45, 7) is 0. The van der Waals surface area contributed by atoms with Crippen molar-refractivity contribution in [3.63, 3.8) is 0 Å². The summed E-state index contributed by atoms with van der Waals surface area (Å²) in [5.41, 5.74) is 2.32. The number of hydrogen-bond donors (Lipinski definition) is 0. The molecule has 2 aromatic rings. The van der Waals surface area contributed by atoms with Gasteiger partial charge in [0.1, 0.15) is 4.48 Å². The zero-order valence-corrected chi connectivity index (χ0v) is 12.1. The second kappa shape index (κ2) is 5.98. The Morgan fingerprint density at radius 1 is 1.28 bits per heavy atom. The number of ether oxygens (including phenoxy) is 1. The second-order valence-corrected chi connectivity index (χ2v) is 5.38. The molecule has 4 heteroatoms. The third-order valence-electron chi connectivity index (χ3n) is 2.38. The lowest BCUT2D eigenvalue weighted by atomic mass is 10.1. The Bertz CT molecular complexity index is 572. The van der Waals surface area contributed by atoms with Crippen LogP contribution in [0.1, 0.15) is 4.88 Å². The first-order valence-corrected chi connectivity index (χ1v) is 6.97. The van der Waals surface area contributed by atoms with Crippen molar-refractivity contribution in [1.29, 1.82) is 0 Å². The summed E-state index contributed by atoms with van der Waals surface area (Å²) >= 11 is 4.79. The third kappa shape index (κ3) is 3.09. The van der Waals surface area contributed by atoms with E-state index in [1.54, 1.807) is 17.4 Å². The molecule has 2 rings (SSSR count). The van der Waals surface area contributed by atoms with Crippen molar-refractivity contribution < 1.29 is 9.53 Å². The van der Waals surface area contributed by atoms with Crippen molar-refractivity contribution in [3.8, 4) is 11.1 Å². The standard InChI is InChI=1S/C14H11BrO2S/c1-17-14(16)13(15)8-12-7-11(9-18-12)10-5-3-2-4-6-10/h2-9H,1H3/b13-8-. The van der Waals surface area contributed by atoms with Crippen LogP contribution in [0.2, 0.25) is 0 Å². The lowest BCUT2D eigenvalue weighted by Crippen LogP contribution is -1.98. The van der Waals surface area contributed by atoms with Gasteiger partial charge in [-0.2, -0.15) is 0 Å². The van der Waals surface area contributed by atoms with E-state index in [0.29, 0.717) is 4.48 Å². The molecular weight excluding hydrogens is 312 g/mol. The van der Waals surface area contributed by atoms with Crippen LogP contribution in [0.3, 0.4) is 0 Å². The summed E-state index contributed by atoms with van der Waals surface area (Å²) in [5.74, 6) is -0.371. The molecule has 92 valence electrons. The molecule has 1 aromatic carbocycles. The smallest absolute Gasteiger partial charge is 0.345 e. The minimum atomic E-state index is -0.371. The zero-order valence-electron chi connectivity index (χ0n) is 9.72. The average molecular weight is 323 g/mol. The summed E-state index contributed by atoms with van der Waals surface area (Å²) in [7, 11) is 1.36. The average Bonchev–Trinajstić information content (AvgIpc) is 2.87. The Morgan fingerprint density at radius 2 is 2.00 bits per heavy atom. The maximum Gasteiger partial charge on any atom is 0.345 e. The Labute approximate surface area is 118 Å². The van der Waals surface area contributed by atoms with Crippen molar-refractivity contribution in [2.24, 2.45) is 0 Å². The summed E-state index contributed by atoms with van der Waals surface area (Å²) in [6.07, 6.45) is 1.77. The highest BCUT2D eigenvalue weighted by atomic mass is 79.9. The molecule has 0 aliphatic carbocycles. The van der Waals surface area contributed by atoms with Crippen molar-refractivity contribution in [2.45, 2.75) is 0 Å². The molecule has 0 aliphatic rings. The maximum absolute atomic E-state index is 11.3. The van der Waals surface area contributed by atoms with E-state index >= 15 is 0 Å². The molecule has 0 spiro atoms. The molecule has 18 heavy (non-hydrogen) atoms. The number of esters is 1. The second-order valence-electron chi connectivity index (χ2n) is 3.59. The lowest BCUT2D eigenvalue weighted by Gasteiger charge is -1.96. The van der Waals surface area contributed by atoms with Crippen LogP contribution in [0.4, 0.5) is 0 Å². The van der Waals surface area contributed by atoms with Crippen LogP contribution in [-0.4, -0.2) is 13.1 Å². The van der Waals surface area contributed by atoms with E-state index in [-0.39, 0.29) is 5.97 Å². The minimum Gasteiger partial charge on any atom is -0.465 e.